The molecule has 1 unspecified atom stereocenters. The zero-order valence-corrected chi connectivity index (χ0v) is 19.3. The van der Waals surface area contributed by atoms with E-state index in [9.17, 15) is 0 Å². The summed E-state index contributed by atoms with van der Waals surface area (Å²) in [6.45, 7) is 26.2. The van der Waals surface area contributed by atoms with E-state index in [0.29, 0.717) is 5.25 Å². The van der Waals surface area contributed by atoms with Gasteiger partial charge >= 0.3 is 0 Å². The summed E-state index contributed by atoms with van der Waals surface area (Å²) in [5.74, 6) is 0. The molecule has 0 rings (SSSR count). The highest BCUT2D eigenvalue weighted by molar-refractivity contribution is 8.01. The van der Waals surface area contributed by atoms with Crippen LogP contribution in [0.1, 0.15) is 13.8 Å². The van der Waals surface area contributed by atoms with Gasteiger partial charge in [0.1, 0.15) is 16.5 Å². The summed E-state index contributed by atoms with van der Waals surface area (Å²) in [4.78, 5) is 0. The molecule has 122 valence electrons. The number of thioether (sulfide) groups is 1. The molecule has 0 aromatic rings. The van der Waals surface area contributed by atoms with Crippen molar-refractivity contribution >= 4 is 36.6 Å². The summed E-state index contributed by atoms with van der Waals surface area (Å²) in [5, 5.41) is 1.92. The molecular weight excluding hydrogens is 314 g/mol. The Morgan fingerprint density at radius 2 is 1.40 bits per heavy atom. The standard InChI is InChI=1S/C14H37NOSSi3/c1-11-16-20(9,10)13-17-14(2)12-15(18(3,4)5)19(6,7)8/h14H,11-13H2,1-10H3. The molecule has 0 aromatic carbocycles. The van der Waals surface area contributed by atoms with Gasteiger partial charge in [-0.05, 0) is 26.6 Å². The Labute approximate surface area is 135 Å². The van der Waals surface area contributed by atoms with Crippen LogP contribution in [0.4, 0.5) is 0 Å². The van der Waals surface area contributed by atoms with Gasteiger partial charge in [0.15, 0.2) is 8.32 Å². The van der Waals surface area contributed by atoms with Crippen LogP contribution in [-0.4, -0.2) is 52.8 Å². The lowest BCUT2D eigenvalue weighted by atomic mass is 10.5. The van der Waals surface area contributed by atoms with Crippen LogP contribution in [0.5, 0.6) is 0 Å². The molecule has 0 saturated heterocycles. The molecule has 1 atom stereocenters. The predicted octanol–water partition coefficient (Wildman–Crippen LogP) is 4.86. The average molecular weight is 352 g/mol. The fourth-order valence-electron chi connectivity index (χ4n) is 2.64. The number of hydrogen-bond donors (Lipinski definition) is 0. The van der Waals surface area contributed by atoms with E-state index in [1.54, 1.807) is 0 Å². The maximum Gasteiger partial charge on any atom is 0.196 e. The molecule has 0 radical (unpaired) electrons. The van der Waals surface area contributed by atoms with Crippen molar-refractivity contribution in [1.82, 2.24) is 4.23 Å². The van der Waals surface area contributed by atoms with Gasteiger partial charge in [-0.15, -0.1) is 0 Å². The molecule has 20 heavy (non-hydrogen) atoms. The van der Waals surface area contributed by atoms with Crippen LogP contribution in [0.15, 0.2) is 0 Å². The summed E-state index contributed by atoms with van der Waals surface area (Å²) in [6.07, 6.45) is 0. The van der Waals surface area contributed by atoms with Gasteiger partial charge in [-0.1, -0.05) is 46.2 Å². The van der Waals surface area contributed by atoms with Crippen LogP contribution in [-0.2, 0) is 4.43 Å². The van der Waals surface area contributed by atoms with Crippen LogP contribution in [0.2, 0.25) is 52.4 Å². The third kappa shape index (κ3) is 8.38. The van der Waals surface area contributed by atoms with Gasteiger partial charge < -0.3 is 8.66 Å². The van der Waals surface area contributed by atoms with Gasteiger partial charge in [0.25, 0.3) is 0 Å². The normalized spacial score (nSPS) is 15.8. The molecule has 0 fully saturated rings. The Bertz CT molecular complexity index is 273. The van der Waals surface area contributed by atoms with Crippen LogP contribution in [0.3, 0.4) is 0 Å². The van der Waals surface area contributed by atoms with E-state index in [4.69, 9.17) is 4.43 Å². The van der Waals surface area contributed by atoms with Crippen molar-refractivity contribution in [2.75, 3.05) is 18.5 Å². The first-order valence-electron chi connectivity index (χ1n) is 7.83. The second-order valence-corrected chi connectivity index (χ2v) is 24.6. The number of rotatable bonds is 9. The molecule has 0 aromatic heterocycles. The molecule has 0 spiro atoms. The largest absolute Gasteiger partial charge is 0.417 e. The van der Waals surface area contributed by atoms with E-state index in [2.05, 4.69) is 82.2 Å². The van der Waals surface area contributed by atoms with Gasteiger partial charge in [-0.2, -0.15) is 11.8 Å². The lowest BCUT2D eigenvalue weighted by Crippen LogP contribution is -2.60. The van der Waals surface area contributed by atoms with Crippen molar-refractivity contribution in [3.63, 3.8) is 0 Å². The zero-order valence-electron chi connectivity index (χ0n) is 15.5. The summed E-state index contributed by atoms with van der Waals surface area (Å²) in [6, 6.07) is 0. The molecule has 0 N–H and O–H groups in total. The van der Waals surface area contributed by atoms with Crippen molar-refractivity contribution in [2.24, 2.45) is 0 Å². The first-order chi connectivity index (χ1) is 8.79. The first-order valence-corrected chi connectivity index (χ1v) is 18.9. The first kappa shape index (κ1) is 20.9. The van der Waals surface area contributed by atoms with E-state index >= 15 is 0 Å². The number of hydrogen-bond acceptors (Lipinski definition) is 3. The molecule has 6 heteroatoms. The summed E-state index contributed by atoms with van der Waals surface area (Å²) >= 11 is 2.12. The van der Waals surface area contributed by atoms with Crippen LogP contribution < -0.4 is 0 Å². The topological polar surface area (TPSA) is 12.5 Å². The fraction of sp³-hybridized carbons (Fsp3) is 1.00. The Morgan fingerprint density at radius 3 is 1.75 bits per heavy atom. The minimum atomic E-state index is -1.44. The van der Waals surface area contributed by atoms with Crippen LogP contribution in [0, 0.1) is 0 Å². The molecule has 0 bridgehead atoms. The molecule has 0 heterocycles. The van der Waals surface area contributed by atoms with Crippen molar-refractivity contribution < 1.29 is 4.43 Å². The smallest absolute Gasteiger partial charge is 0.196 e. The summed E-state index contributed by atoms with van der Waals surface area (Å²) < 4.78 is 8.84. The Balaban J connectivity index is 4.53. The monoisotopic (exact) mass is 351 g/mol. The predicted molar refractivity (Wildman–Crippen MR) is 104 cm³/mol. The Kier molecular flexibility index (Phi) is 8.33. The fourth-order valence-corrected chi connectivity index (χ4v) is 16.7. The maximum atomic E-state index is 5.94. The molecule has 0 aliphatic carbocycles. The Hall–Kier alpha value is 0.921. The molecular formula is C14H37NOSSi3. The molecule has 2 nitrogen and oxygen atoms in total. The van der Waals surface area contributed by atoms with E-state index < -0.39 is 24.8 Å². The van der Waals surface area contributed by atoms with Crippen molar-refractivity contribution in [2.45, 2.75) is 71.5 Å². The highest BCUT2D eigenvalue weighted by Crippen LogP contribution is 2.25. The minimum absolute atomic E-state index is 0.709. The second-order valence-electron chi connectivity index (χ2n) is 8.27. The molecule has 0 saturated carbocycles. The maximum absolute atomic E-state index is 5.94. The quantitative estimate of drug-likeness (QED) is 0.550. The second kappa shape index (κ2) is 7.97. The molecule has 0 aliphatic heterocycles. The van der Waals surface area contributed by atoms with E-state index in [-0.39, 0.29) is 0 Å². The number of nitrogens with zero attached hydrogens (tertiary/aromatic N) is 1. The third-order valence-corrected chi connectivity index (χ3v) is 16.2. The van der Waals surface area contributed by atoms with E-state index in [0.717, 1.165) is 6.61 Å². The van der Waals surface area contributed by atoms with Gasteiger partial charge in [-0.3, -0.25) is 0 Å². The summed E-state index contributed by atoms with van der Waals surface area (Å²) in [5.41, 5.74) is 0. The Morgan fingerprint density at radius 1 is 0.950 bits per heavy atom. The molecule has 0 aliphatic rings. The SMILES string of the molecule is CCO[Si](C)(C)CSC(C)CN([Si](C)(C)C)[Si](C)(C)C. The lowest BCUT2D eigenvalue weighted by Gasteiger charge is -2.45. The van der Waals surface area contributed by atoms with E-state index in [1.807, 2.05) is 0 Å². The van der Waals surface area contributed by atoms with Gasteiger partial charge in [0.2, 0.25) is 0 Å². The lowest BCUT2D eigenvalue weighted by molar-refractivity contribution is 0.333. The molecule has 0 amide bonds. The third-order valence-electron chi connectivity index (χ3n) is 3.31. The van der Waals surface area contributed by atoms with Crippen molar-refractivity contribution in [1.29, 1.82) is 0 Å². The zero-order chi connectivity index (χ0) is 16.2. The van der Waals surface area contributed by atoms with Crippen LogP contribution >= 0.6 is 11.8 Å². The van der Waals surface area contributed by atoms with Gasteiger partial charge in [0.05, 0.1) is 0 Å². The van der Waals surface area contributed by atoms with Gasteiger partial charge in [0, 0.05) is 17.2 Å². The highest BCUT2D eigenvalue weighted by atomic mass is 32.2. The summed E-state index contributed by atoms with van der Waals surface area (Å²) in [7, 11) is -3.87. The van der Waals surface area contributed by atoms with Crippen LogP contribution in [0.25, 0.3) is 0 Å². The highest BCUT2D eigenvalue weighted by Gasteiger charge is 2.35. The van der Waals surface area contributed by atoms with Crippen molar-refractivity contribution in [3.05, 3.63) is 0 Å². The van der Waals surface area contributed by atoms with Crippen molar-refractivity contribution in [3.8, 4) is 0 Å². The van der Waals surface area contributed by atoms with E-state index in [1.165, 1.54) is 11.9 Å². The minimum Gasteiger partial charge on any atom is -0.417 e. The average Bonchev–Trinajstić information content (AvgIpc) is 2.20. The van der Waals surface area contributed by atoms with Gasteiger partial charge in [-0.25, -0.2) is 0 Å².